The molecule has 3 fully saturated rings. The zero-order valence-corrected chi connectivity index (χ0v) is 23.8. The number of nitrogens with one attached hydrogen (secondary N) is 2. The van der Waals surface area contributed by atoms with Gasteiger partial charge in [0.15, 0.2) is 0 Å². The molecule has 2 aromatic carbocycles. The monoisotopic (exact) mass is 557 g/mol. The van der Waals surface area contributed by atoms with E-state index in [-0.39, 0.29) is 22.5 Å². The van der Waals surface area contributed by atoms with E-state index in [4.69, 9.17) is 11.6 Å². The molecule has 3 N–H and O–H groups in total. The fourth-order valence-corrected chi connectivity index (χ4v) is 6.70. The normalized spacial score (nSPS) is 25.7. The van der Waals surface area contributed by atoms with E-state index in [1.807, 2.05) is 17.9 Å². The van der Waals surface area contributed by atoms with Crippen molar-refractivity contribution in [2.75, 3.05) is 56.9 Å². The molecule has 7 nitrogen and oxygen atoms in total. The van der Waals surface area contributed by atoms with E-state index in [0.717, 1.165) is 64.1 Å². The van der Waals surface area contributed by atoms with Crippen molar-refractivity contribution in [3.05, 3.63) is 58.9 Å². The average Bonchev–Trinajstić information content (AvgIpc) is 3.56. The first-order chi connectivity index (χ1) is 18.8. The summed E-state index contributed by atoms with van der Waals surface area (Å²) in [5.74, 6) is -0.101. The average molecular weight is 558 g/mol. The van der Waals surface area contributed by atoms with E-state index in [2.05, 4.69) is 45.7 Å². The van der Waals surface area contributed by atoms with Crippen LogP contribution in [0.1, 0.15) is 44.6 Å². The summed E-state index contributed by atoms with van der Waals surface area (Å²) in [6.07, 6.45) is 4.02. The van der Waals surface area contributed by atoms with Gasteiger partial charge < -0.3 is 30.4 Å². The Morgan fingerprint density at radius 2 is 2.00 bits per heavy atom. The van der Waals surface area contributed by atoms with Crippen molar-refractivity contribution in [2.45, 2.75) is 56.7 Å². The molecule has 2 aromatic rings. The minimum Gasteiger partial charge on any atom is -0.374 e. The van der Waals surface area contributed by atoms with Crippen LogP contribution in [0.25, 0.3) is 0 Å². The van der Waals surface area contributed by atoms with Crippen molar-refractivity contribution in [1.29, 1.82) is 0 Å². The van der Waals surface area contributed by atoms with Crippen LogP contribution >= 0.6 is 11.6 Å². The van der Waals surface area contributed by atoms with Gasteiger partial charge >= 0.3 is 6.03 Å². The fourth-order valence-electron chi connectivity index (χ4n) is 6.52. The molecule has 39 heavy (non-hydrogen) atoms. The molecular weight excluding hydrogens is 517 g/mol. The maximum absolute atomic E-state index is 13.7. The van der Waals surface area contributed by atoms with Crippen LogP contribution in [0.4, 0.5) is 20.6 Å². The molecule has 212 valence electrons. The predicted molar refractivity (Wildman–Crippen MR) is 155 cm³/mol. The lowest BCUT2D eigenvalue weighted by atomic mass is 9.93. The lowest BCUT2D eigenvalue weighted by molar-refractivity contribution is 0.140. The molecule has 0 aromatic heterocycles. The molecule has 1 heterocycles. The predicted octanol–water partition coefficient (Wildman–Crippen LogP) is 5.21. The highest BCUT2D eigenvalue weighted by Crippen LogP contribution is 2.65. The Hall–Kier alpha value is -2.39. The number of likely N-dealkylation sites (N-methyl/N-ethyl adjacent to an activating group) is 1. The van der Waals surface area contributed by atoms with Crippen LogP contribution in [0.2, 0.25) is 5.02 Å². The highest BCUT2D eigenvalue weighted by Gasteiger charge is 2.64. The molecule has 0 bridgehead atoms. The van der Waals surface area contributed by atoms with Crippen LogP contribution < -0.4 is 10.6 Å². The van der Waals surface area contributed by atoms with Gasteiger partial charge in [-0.1, -0.05) is 30.7 Å². The van der Waals surface area contributed by atoms with Crippen molar-refractivity contribution >= 4 is 29.0 Å². The van der Waals surface area contributed by atoms with Gasteiger partial charge in [-0.2, -0.15) is 0 Å². The van der Waals surface area contributed by atoms with Crippen LogP contribution in [0.3, 0.4) is 0 Å². The lowest BCUT2D eigenvalue weighted by Crippen LogP contribution is -2.47. The lowest BCUT2D eigenvalue weighted by Gasteiger charge is -2.34. The van der Waals surface area contributed by atoms with Crippen LogP contribution in [-0.2, 0) is 5.41 Å². The number of halogens is 2. The molecule has 2 amide bonds. The number of benzene rings is 2. The summed E-state index contributed by atoms with van der Waals surface area (Å²) < 4.78 is 13.7. The van der Waals surface area contributed by atoms with Crippen molar-refractivity contribution < 1.29 is 14.3 Å². The SMILES string of the molecule is CCC(O)Nc1cccc([C@]23CC[C@@H](N(CCCN4CCN(C)CC4)C(=O)Nc4ccc(F)c(Cl)c4)[C@H]2C3)c1. The van der Waals surface area contributed by atoms with Crippen molar-refractivity contribution in [3.63, 3.8) is 0 Å². The van der Waals surface area contributed by atoms with E-state index in [9.17, 15) is 14.3 Å². The van der Waals surface area contributed by atoms with E-state index in [1.165, 1.54) is 17.7 Å². The highest BCUT2D eigenvalue weighted by molar-refractivity contribution is 6.31. The number of anilines is 2. The maximum Gasteiger partial charge on any atom is 0.322 e. The van der Waals surface area contributed by atoms with Gasteiger partial charge in [0, 0.05) is 55.6 Å². The standard InChI is InChI=1S/C30H41ClFN5O2/c1-3-28(38)33-22-7-4-6-21(18-22)30-11-10-27(24(30)20-30)37(13-5-12-36-16-14-35(2)15-17-36)29(39)34-23-8-9-26(32)25(31)19-23/h4,6-9,18-19,24,27-28,33,38H,3,5,10-17,20H2,1-2H3,(H,34,39)/t24-,27-,28?,30-/m1/s1. The molecule has 0 radical (unpaired) electrons. The van der Waals surface area contributed by atoms with Crippen molar-refractivity contribution in [3.8, 4) is 0 Å². The second-order valence-corrected chi connectivity index (χ2v) is 11.9. The molecule has 4 atom stereocenters. The molecule has 5 rings (SSSR count). The number of aliphatic hydroxyl groups is 1. The molecule has 1 aliphatic heterocycles. The van der Waals surface area contributed by atoms with Gasteiger partial charge in [0.05, 0.1) is 5.02 Å². The molecule has 2 aliphatic carbocycles. The third-order valence-electron chi connectivity index (χ3n) is 8.94. The molecule has 1 unspecified atom stereocenters. The quantitative estimate of drug-likeness (QED) is 0.350. The zero-order chi connectivity index (χ0) is 27.6. The summed E-state index contributed by atoms with van der Waals surface area (Å²) in [5.41, 5.74) is 2.80. The van der Waals surface area contributed by atoms with Gasteiger partial charge in [-0.3, -0.25) is 0 Å². The second-order valence-electron chi connectivity index (χ2n) is 11.5. The van der Waals surface area contributed by atoms with Crippen molar-refractivity contribution in [1.82, 2.24) is 14.7 Å². The number of nitrogens with zero attached hydrogens (tertiary/aromatic N) is 3. The molecule has 1 saturated heterocycles. The van der Waals surface area contributed by atoms with Crippen LogP contribution in [0.15, 0.2) is 42.5 Å². The third kappa shape index (κ3) is 6.35. The maximum atomic E-state index is 13.7. The molecule has 2 saturated carbocycles. The summed E-state index contributed by atoms with van der Waals surface area (Å²) >= 11 is 5.98. The van der Waals surface area contributed by atoms with Crippen LogP contribution in [0.5, 0.6) is 0 Å². The van der Waals surface area contributed by atoms with E-state index >= 15 is 0 Å². The Morgan fingerprint density at radius 3 is 2.72 bits per heavy atom. The minimum atomic E-state index is -0.566. The summed E-state index contributed by atoms with van der Waals surface area (Å²) in [6, 6.07) is 12.7. The minimum absolute atomic E-state index is 0.00169. The number of piperazine rings is 1. The van der Waals surface area contributed by atoms with Crippen LogP contribution in [0, 0.1) is 11.7 Å². The summed E-state index contributed by atoms with van der Waals surface area (Å²) in [5, 5.41) is 16.2. The number of fused-ring (bicyclic) bond motifs is 1. The number of hydrogen-bond acceptors (Lipinski definition) is 5. The van der Waals surface area contributed by atoms with Gasteiger partial charge in [0.1, 0.15) is 12.0 Å². The van der Waals surface area contributed by atoms with Gasteiger partial charge in [0.2, 0.25) is 0 Å². The van der Waals surface area contributed by atoms with E-state index < -0.39 is 12.0 Å². The van der Waals surface area contributed by atoms with E-state index in [0.29, 0.717) is 24.6 Å². The summed E-state index contributed by atoms with van der Waals surface area (Å²) in [6.45, 7) is 7.86. The molecule has 3 aliphatic rings. The number of rotatable bonds is 10. The van der Waals surface area contributed by atoms with E-state index in [1.54, 1.807) is 6.07 Å². The highest BCUT2D eigenvalue weighted by atomic mass is 35.5. The van der Waals surface area contributed by atoms with Crippen LogP contribution in [-0.4, -0.2) is 84.4 Å². The van der Waals surface area contributed by atoms with Crippen molar-refractivity contribution in [2.24, 2.45) is 5.92 Å². The molecule has 9 heteroatoms. The van der Waals surface area contributed by atoms with Gasteiger partial charge in [-0.05, 0) is 87.5 Å². The van der Waals surface area contributed by atoms with Gasteiger partial charge in [-0.15, -0.1) is 0 Å². The number of carbonyl (C=O) groups excluding carboxylic acids is 1. The summed E-state index contributed by atoms with van der Waals surface area (Å²) in [7, 11) is 2.16. The fraction of sp³-hybridized carbons (Fsp3) is 0.567. The molecule has 0 spiro atoms. The number of aliphatic hydroxyl groups excluding tert-OH is 1. The Labute approximate surface area is 236 Å². The smallest absolute Gasteiger partial charge is 0.322 e. The molecular formula is C30H41ClFN5O2. The Kier molecular flexibility index (Phi) is 8.66. The Bertz CT molecular complexity index is 1160. The third-order valence-corrected chi connectivity index (χ3v) is 9.23. The number of urea groups is 1. The van der Waals surface area contributed by atoms with Gasteiger partial charge in [0.25, 0.3) is 0 Å². The second kappa shape index (κ2) is 12.0. The summed E-state index contributed by atoms with van der Waals surface area (Å²) in [4.78, 5) is 20.5. The first-order valence-corrected chi connectivity index (χ1v) is 14.7. The zero-order valence-electron chi connectivity index (χ0n) is 23.0. The Morgan fingerprint density at radius 1 is 1.21 bits per heavy atom. The topological polar surface area (TPSA) is 71.1 Å². The first-order valence-electron chi connectivity index (χ1n) is 14.3. The number of amides is 2. The largest absolute Gasteiger partial charge is 0.374 e. The number of hydrogen-bond donors (Lipinski definition) is 3. The Balaban J connectivity index is 1.29. The first kappa shape index (κ1) is 28.1. The van der Waals surface area contributed by atoms with Gasteiger partial charge in [-0.25, -0.2) is 9.18 Å². The number of carbonyl (C=O) groups is 1.